The lowest BCUT2D eigenvalue weighted by molar-refractivity contribution is 0.152. The number of allylic oxidation sites excluding steroid dienone is 4. The van der Waals surface area contributed by atoms with E-state index in [1.54, 1.807) is 0 Å². The Bertz CT molecular complexity index is 653. The Hall–Kier alpha value is -1.84. The van der Waals surface area contributed by atoms with Gasteiger partial charge in [0.1, 0.15) is 0 Å². The van der Waals surface area contributed by atoms with Crippen LogP contribution in [0.4, 0.5) is 5.69 Å². The van der Waals surface area contributed by atoms with Gasteiger partial charge in [-0.3, -0.25) is 0 Å². The number of rotatable bonds is 7. The summed E-state index contributed by atoms with van der Waals surface area (Å²) in [5.41, 5.74) is 3.66. The molecule has 0 amide bonds. The smallest absolute Gasteiger partial charge is 0.0448 e. The first kappa shape index (κ1) is 19.9. The van der Waals surface area contributed by atoms with E-state index in [-0.39, 0.29) is 0 Å². The largest absolute Gasteiger partial charge is 0.367 e. The van der Waals surface area contributed by atoms with E-state index in [0.717, 1.165) is 18.7 Å². The average molecular weight is 366 g/mol. The zero-order chi connectivity index (χ0) is 18.9. The molecule has 0 aromatic heterocycles. The first-order valence-electron chi connectivity index (χ1n) is 10.5. The summed E-state index contributed by atoms with van der Waals surface area (Å²) < 4.78 is 0. The molecule has 0 aliphatic carbocycles. The normalized spacial score (nSPS) is 21.2. The number of nitrogens with zero attached hydrogens (tertiary/aromatic N) is 3. The molecule has 0 spiro atoms. The van der Waals surface area contributed by atoms with Crippen molar-refractivity contribution in [1.82, 2.24) is 9.80 Å². The van der Waals surface area contributed by atoms with E-state index in [9.17, 15) is 0 Å². The average Bonchev–Trinajstić information content (AvgIpc) is 2.76. The minimum absolute atomic E-state index is 0.968. The molecular formula is C24H35N3. The van der Waals surface area contributed by atoms with Gasteiger partial charge in [-0.05, 0) is 38.1 Å². The zero-order valence-electron chi connectivity index (χ0n) is 16.9. The Morgan fingerprint density at radius 3 is 2.44 bits per heavy atom. The minimum atomic E-state index is 0.968. The summed E-state index contributed by atoms with van der Waals surface area (Å²) in [7, 11) is 2.23. The molecule has 0 unspecified atom stereocenters. The molecule has 1 aromatic rings. The van der Waals surface area contributed by atoms with Crippen molar-refractivity contribution < 1.29 is 0 Å². The Balaban J connectivity index is 1.43. The minimum Gasteiger partial charge on any atom is -0.367 e. The van der Waals surface area contributed by atoms with Crippen molar-refractivity contribution in [3.8, 4) is 0 Å². The first-order valence-corrected chi connectivity index (χ1v) is 10.5. The summed E-state index contributed by atoms with van der Waals surface area (Å²) >= 11 is 0. The van der Waals surface area contributed by atoms with Crippen molar-refractivity contribution in [2.75, 3.05) is 57.8 Å². The molecule has 0 bridgehead atoms. The molecule has 3 nitrogen and oxygen atoms in total. The van der Waals surface area contributed by atoms with Crippen LogP contribution in [0, 0.1) is 0 Å². The van der Waals surface area contributed by atoms with Crippen molar-refractivity contribution in [3.63, 3.8) is 0 Å². The standard InChI is InChI=1S/C24H35N3/c1-22-12-6-5-11-17-27(24-14-8-7-13-23(22)24)16-10-4-3-9-15-26-20-18-25(2)19-21-26/h5-8,11-14H,1,3-4,9-10,15-21H2,2H3/b11-5-,12-6-. The second-order valence-electron chi connectivity index (χ2n) is 7.83. The number of likely N-dealkylation sites (N-methyl/N-ethyl adjacent to an activating group) is 1. The van der Waals surface area contributed by atoms with E-state index in [2.05, 4.69) is 76.9 Å². The Morgan fingerprint density at radius 2 is 1.63 bits per heavy atom. The lowest BCUT2D eigenvalue weighted by Crippen LogP contribution is -2.44. The Labute approximate surface area is 165 Å². The summed E-state index contributed by atoms with van der Waals surface area (Å²) in [5, 5.41) is 0. The van der Waals surface area contributed by atoms with E-state index in [1.165, 1.54) is 69.7 Å². The van der Waals surface area contributed by atoms with Gasteiger partial charge in [-0.1, -0.05) is 61.9 Å². The molecule has 1 aromatic carbocycles. The van der Waals surface area contributed by atoms with Gasteiger partial charge in [0.25, 0.3) is 0 Å². The van der Waals surface area contributed by atoms with Gasteiger partial charge in [-0.15, -0.1) is 0 Å². The van der Waals surface area contributed by atoms with E-state index in [1.807, 2.05) is 0 Å². The highest BCUT2D eigenvalue weighted by atomic mass is 15.2. The lowest BCUT2D eigenvalue weighted by atomic mass is 10.0. The predicted octanol–water partition coefficient (Wildman–Crippen LogP) is 4.44. The maximum atomic E-state index is 4.25. The van der Waals surface area contributed by atoms with Crippen LogP contribution in [0.1, 0.15) is 31.2 Å². The van der Waals surface area contributed by atoms with Crippen LogP contribution in [0.5, 0.6) is 0 Å². The van der Waals surface area contributed by atoms with Gasteiger partial charge in [0, 0.05) is 50.5 Å². The highest BCUT2D eigenvalue weighted by Crippen LogP contribution is 2.28. The predicted molar refractivity (Wildman–Crippen MR) is 118 cm³/mol. The SMILES string of the molecule is C=C1/C=C\C=C/CN(CCCCCCN2CCN(C)CC2)c2ccccc21. The fourth-order valence-electron chi connectivity index (χ4n) is 3.92. The number of piperazine rings is 1. The number of hydrogen-bond donors (Lipinski definition) is 0. The molecule has 27 heavy (non-hydrogen) atoms. The Kier molecular flexibility index (Phi) is 7.73. The van der Waals surface area contributed by atoms with Gasteiger partial charge in [0.05, 0.1) is 0 Å². The highest BCUT2D eigenvalue weighted by molar-refractivity contribution is 5.81. The van der Waals surface area contributed by atoms with E-state index in [0.29, 0.717) is 0 Å². The number of unbranched alkanes of at least 4 members (excludes halogenated alkanes) is 3. The van der Waals surface area contributed by atoms with Crippen molar-refractivity contribution >= 4 is 11.3 Å². The van der Waals surface area contributed by atoms with Crippen molar-refractivity contribution in [2.24, 2.45) is 0 Å². The molecule has 1 fully saturated rings. The molecular weight excluding hydrogens is 330 g/mol. The molecule has 0 saturated carbocycles. The van der Waals surface area contributed by atoms with Gasteiger partial charge >= 0.3 is 0 Å². The number of benzene rings is 1. The topological polar surface area (TPSA) is 9.72 Å². The van der Waals surface area contributed by atoms with Gasteiger partial charge in [0.15, 0.2) is 0 Å². The number of anilines is 1. The van der Waals surface area contributed by atoms with Crippen LogP contribution >= 0.6 is 0 Å². The molecule has 2 aliphatic heterocycles. The summed E-state index contributed by atoms with van der Waals surface area (Å²) in [6, 6.07) is 8.68. The fourth-order valence-corrected chi connectivity index (χ4v) is 3.92. The van der Waals surface area contributed by atoms with Gasteiger partial charge in [-0.25, -0.2) is 0 Å². The third kappa shape index (κ3) is 6.08. The van der Waals surface area contributed by atoms with Crippen LogP contribution in [0.15, 0.2) is 55.1 Å². The molecule has 1 saturated heterocycles. The Morgan fingerprint density at radius 1 is 0.889 bits per heavy atom. The zero-order valence-corrected chi connectivity index (χ0v) is 16.9. The van der Waals surface area contributed by atoms with Crippen molar-refractivity contribution in [3.05, 3.63) is 60.7 Å². The second kappa shape index (κ2) is 10.5. The summed E-state index contributed by atoms with van der Waals surface area (Å²) in [5.74, 6) is 0. The highest BCUT2D eigenvalue weighted by Gasteiger charge is 2.13. The summed E-state index contributed by atoms with van der Waals surface area (Å²) in [4.78, 5) is 7.56. The monoisotopic (exact) mass is 365 g/mol. The third-order valence-corrected chi connectivity index (χ3v) is 5.71. The van der Waals surface area contributed by atoms with Gasteiger partial charge in [-0.2, -0.15) is 0 Å². The molecule has 3 heteroatoms. The van der Waals surface area contributed by atoms with Crippen LogP contribution in [0.3, 0.4) is 0 Å². The van der Waals surface area contributed by atoms with Gasteiger partial charge < -0.3 is 14.7 Å². The summed E-state index contributed by atoms with van der Waals surface area (Å²) in [6.45, 7) is 12.5. The fraction of sp³-hybridized carbons (Fsp3) is 0.500. The van der Waals surface area contributed by atoms with Crippen LogP contribution in [-0.4, -0.2) is 62.7 Å². The van der Waals surface area contributed by atoms with E-state index in [4.69, 9.17) is 0 Å². The quantitative estimate of drug-likeness (QED) is 0.662. The van der Waals surface area contributed by atoms with Crippen LogP contribution in [0.25, 0.3) is 5.57 Å². The third-order valence-electron chi connectivity index (χ3n) is 5.71. The molecule has 3 rings (SSSR count). The van der Waals surface area contributed by atoms with E-state index < -0.39 is 0 Å². The first-order chi connectivity index (χ1) is 13.2. The van der Waals surface area contributed by atoms with Crippen LogP contribution < -0.4 is 4.90 Å². The lowest BCUT2D eigenvalue weighted by Gasteiger charge is -2.32. The van der Waals surface area contributed by atoms with Crippen molar-refractivity contribution in [2.45, 2.75) is 25.7 Å². The molecule has 2 heterocycles. The molecule has 146 valence electrons. The van der Waals surface area contributed by atoms with Crippen LogP contribution in [-0.2, 0) is 0 Å². The number of para-hydroxylation sites is 1. The molecule has 0 N–H and O–H groups in total. The maximum absolute atomic E-state index is 4.25. The molecule has 2 aliphatic rings. The number of hydrogen-bond acceptors (Lipinski definition) is 3. The van der Waals surface area contributed by atoms with E-state index >= 15 is 0 Å². The molecule has 0 atom stereocenters. The number of fused-ring (bicyclic) bond motifs is 1. The molecule has 0 radical (unpaired) electrons. The summed E-state index contributed by atoms with van der Waals surface area (Å²) in [6.07, 6.45) is 13.8. The maximum Gasteiger partial charge on any atom is 0.0448 e. The van der Waals surface area contributed by atoms with Crippen LogP contribution in [0.2, 0.25) is 0 Å². The van der Waals surface area contributed by atoms with Crippen molar-refractivity contribution in [1.29, 1.82) is 0 Å². The second-order valence-corrected chi connectivity index (χ2v) is 7.83. The van der Waals surface area contributed by atoms with Gasteiger partial charge in [0.2, 0.25) is 0 Å².